The standard InChI is InChI=1S/C12H15ClO3.Al.H2O.2H/c1-4-15-11(14)12(2,3)16-10-7-5-9(13)6-8-10;;;;/h5-8H,4H2,1-3H3;;1H2;;. The highest BCUT2D eigenvalue weighted by atomic mass is 35.5. The van der Waals surface area contributed by atoms with Gasteiger partial charge < -0.3 is 14.9 Å². The molecular formula is C12H19AlClO4. The van der Waals surface area contributed by atoms with E-state index in [4.69, 9.17) is 21.1 Å². The minimum absolute atomic E-state index is 0. The minimum atomic E-state index is -0.996. The molecule has 2 N–H and O–H groups in total. The lowest BCUT2D eigenvalue weighted by molar-refractivity contribution is -0.158. The highest BCUT2D eigenvalue weighted by molar-refractivity contribution is 6.30. The maximum Gasteiger partial charge on any atom is 0.349 e. The van der Waals surface area contributed by atoms with Crippen LogP contribution in [0.2, 0.25) is 5.02 Å². The van der Waals surface area contributed by atoms with Crippen LogP contribution >= 0.6 is 11.6 Å². The fourth-order valence-electron chi connectivity index (χ4n) is 1.14. The van der Waals surface area contributed by atoms with Crippen LogP contribution in [0.1, 0.15) is 20.8 Å². The summed E-state index contributed by atoms with van der Waals surface area (Å²) in [6.45, 7) is 5.43. The van der Waals surface area contributed by atoms with Gasteiger partial charge in [0.25, 0.3) is 0 Å². The Labute approximate surface area is 123 Å². The summed E-state index contributed by atoms with van der Waals surface area (Å²) in [6, 6.07) is 6.84. The Morgan fingerprint density at radius 1 is 1.28 bits per heavy atom. The van der Waals surface area contributed by atoms with Crippen LogP contribution in [0.15, 0.2) is 24.3 Å². The van der Waals surface area contributed by atoms with Crippen molar-refractivity contribution >= 4 is 34.9 Å². The Bertz CT molecular complexity index is 365. The van der Waals surface area contributed by atoms with E-state index in [1.54, 1.807) is 45.0 Å². The zero-order valence-corrected chi connectivity index (χ0v) is 13.9. The molecule has 0 saturated carbocycles. The Balaban J connectivity index is 0. The van der Waals surface area contributed by atoms with Crippen molar-refractivity contribution in [3.05, 3.63) is 29.3 Å². The zero-order chi connectivity index (χ0) is 12.2. The van der Waals surface area contributed by atoms with Crippen molar-refractivity contribution in [1.29, 1.82) is 0 Å². The molecule has 1 aromatic carbocycles. The van der Waals surface area contributed by atoms with Crippen molar-refractivity contribution in [3.63, 3.8) is 0 Å². The molecule has 0 heterocycles. The Hall–Kier alpha value is -0.728. The van der Waals surface area contributed by atoms with E-state index in [9.17, 15) is 4.79 Å². The van der Waals surface area contributed by atoms with Gasteiger partial charge in [0, 0.05) is 5.02 Å². The lowest BCUT2D eigenvalue weighted by Gasteiger charge is -2.23. The maximum absolute atomic E-state index is 11.6. The largest absolute Gasteiger partial charge is 0.476 e. The first-order chi connectivity index (χ1) is 7.45. The van der Waals surface area contributed by atoms with E-state index in [1.165, 1.54) is 0 Å². The molecule has 0 bridgehead atoms. The lowest BCUT2D eigenvalue weighted by Crippen LogP contribution is -2.39. The number of hydrogen-bond acceptors (Lipinski definition) is 3. The number of carbonyl (C=O) groups excluding carboxylic acids is 1. The number of hydrogen-bond donors (Lipinski definition) is 0. The molecule has 18 heavy (non-hydrogen) atoms. The first kappa shape index (κ1) is 19.6. The first-order valence-electron chi connectivity index (χ1n) is 5.07. The van der Waals surface area contributed by atoms with Crippen LogP contribution in [0, 0.1) is 0 Å². The number of carbonyl (C=O) groups is 1. The summed E-state index contributed by atoms with van der Waals surface area (Å²) >= 11 is 5.75. The third-order valence-corrected chi connectivity index (χ3v) is 2.21. The van der Waals surface area contributed by atoms with Crippen molar-refractivity contribution in [2.75, 3.05) is 6.61 Å². The van der Waals surface area contributed by atoms with Crippen LogP contribution in [-0.2, 0) is 9.53 Å². The van der Waals surface area contributed by atoms with Gasteiger partial charge in [0.1, 0.15) is 23.1 Å². The molecule has 0 aromatic heterocycles. The van der Waals surface area contributed by atoms with Crippen molar-refractivity contribution in [2.45, 2.75) is 26.4 Å². The Kier molecular flexibility index (Phi) is 9.14. The van der Waals surface area contributed by atoms with Crippen LogP contribution in [0.5, 0.6) is 5.75 Å². The third-order valence-electron chi connectivity index (χ3n) is 1.95. The van der Waals surface area contributed by atoms with Crippen LogP contribution in [-0.4, -0.2) is 41.0 Å². The number of halogens is 1. The smallest absolute Gasteiger partial charge is 0.349 e. The van der Waals surface area contributed by atoms with E-state index in [1.807, 2.05) is 0 Å². The maximum atomic E-state index is 11.6. The molecule has 0 spiro atoms. The monoisotopic (exact) mass is 289 g/mol. The van der Waals surface area contributed by atoms with Crippen molar-refractivity contribution in [1.82, 2.24) is 0 Å². The molecule has 0 amide bonds. The van der Waals surface area contributed by atoms with Crippen molar-refractivity contribution < 1.29 is 19.7 Å². The number of esters is 1. The van der Waals surface area contributed by atoms with Gasteiger partial charge in [-0.2, -0.15) is 0 Å². The number of rotatable bonds is 4. The number of ether oxygens (including phenoxy) is 2. The summed E-state index contributed by atoms with van der Waals surface area (Å²) in [7, 11) is 0. The van der Waals surface area contributed by atoms with Gasteiger partial charge in [0.05, 0.1) is 6.61 Å². The second kappa shape index (κ2) is 8.39. The van der Waals surface area contributed by atoms with Crippen molar-refractivity contribution in [3.8, 4) is 5.75 Å². The van der Waals surface area contributed by atoms with E-state index in [2.05, 4.69) is 0 Å². The molecule has 4 nitrogen and oxygen atoms in total. The zero-order valence-electron chi connectivity index (χ0n) is 11.1. The molecule has 1 radical (unpaired) electrons. The molecule has 0 unspecified atom stereocenters. The highest BCUT2D eigenvalue weighted by Crippen LogP contribution is 2.21. The highest BCUT2D eigenvalue weighted by Gasteiger charge is 2.31. The average molecular weight is 290 g/mol. The summed E-state index contributed by atoms with van der Waals surface area (Å²) in [4.78, 5) is 11.6. The number of benzene rings is 1. The van der Waals surface area contributed by atoms with E-state index >= 15 is 0 Å². The molecule has 0 aliphatic heterocycles. The summed E-state index contributed by atoms with van der Waals surface area (Å²) in [5, 5.41) is 0.626. The third kappa shape index (κ3) is 5.74. The predicted octanol–water partition coefficient (Wildman–Crippen LogP) is 1.32. The Morgan fingerprint density at radius 3 is 2.22 bits per heavy atom. The quantitative estimate of drug-likeness (QED) is 0.620. The fourth-order valence-corrected chi connectivity index (χ4v) is 1.27. The van der Waals surface area contributed by atoms with Crippen LogP contribution < -0.4 is 4.74 Å². The molecule has 0 fully saturated rings. The van der Waals surface area contributed by atoms with Crippen LogP contribution in [0.25, 0.3) is 0 Å². The molecule has 1 rings (SSSR count). The molecule has 6 heteroatoms. The van der Waals surface area contributed by atoms with E-state index < -0.39 is 5.60 Å². The fraction of sp³-hybridized carbons (Fsp3) is 0.417. The normalized spacial score (nSPS) is 9.78. The van der Waals surface area contributed by atoms with E-state index in [0.717, 1.165) is 0 Å². The SMILES string of the molecule is CCOC(=O)C(C)(C)Oc1ccc(Cl)cc1.O.[AlH2]. The summed E-state index contributed by atoms with van der Waals surface area (Å²) in [6.07, 6.45) is 0. The molecule has 0 aliphatic carbocycles. The van der Waals surface area contributed by atoms with Crippen LogP contribution in [0.4, 0.5) is 0 Å². The predicted molar refractivity (Wildman–Crippen MR) is 74.9 cm³/mol. The molecule has 0 saturated heterocycles. The van der Waals surface area contributed by atoms with E-state index in [0.29, 0.717) is 17.4 Å². The lowest BCUT2D eigenvalue weighted by atomic mass is 10.1. The van der Waals surface area contributed by atoms with Gasteiger partial charge >= 0.3 is 5.97 Å². The Morgan fingerprint density at radius 2 is 1.78 bits per heavy atom. The van der Waals surface area contributed by atoms with E-state index in [-0.39, 0.29) is 28.8 Å². The van der Waals surface area contributed by atoms with Gasteiger partial charge in [-0.05, 0) is 45.0 Å². The first-order valence-corrected chi connectivity index (χ1v) is 5.45. The van der Waals surface area contributed by atoms with Gasteiger partial charge in [0.2, 0.25) is 0 Å². The minimum Gasteiger partial charge on any atom is -0.476 e. The average Bonchev–Trinajstić information content (AvgIpc) is 2.21. The van der Waals surface area contributed by atoms with Gasteiger partial charge in [-0.3, -0.25) is 0 Å². The summed E-state index contributed by atoms with van der Waals surface area (Å²) in [5.74, 6) is 0.201. The molecule has 1 aromatic rings. The second-order valence-electron chi connectivity index (χ2n) is 3.79. The summed E-state index contributed by atoms with van der Waals surface area (Å²) in [5.41, 5.74) is -0.996. The van der Waals surface area contributed by atoms with Gasteiger partial charge in [-0.1, -0.05) is 11.6 Å². The van der Waals surface area contributed by atoms with Crippen LogP contribution in [0.3, 0.4) is 0 Å². The topological polar surface area (TPSA) is 67.0 Å². The second-order valence-corrected chi connectivity index (χ2v) is 4.22. The van der Waals surface area contributed by atoms with Gasteiger partial charge in [-0.15, -0.1) is 0 Å². The summed E-state index contributed by atoms with van der Waals surface area (Å²) < 4.78 is 10.5. The molecule has 0 aliphatic rings. The molecular weight excluding hydrogens is 271 g/mol. The van der Waals surface area contributed by atoms with Gasteiger partial charge in [-0.25, -0.2) is 4.79 Å². The van der Waals surface area contributed by atoms with Gasteiger partial charge in [0.15, 0.2) is 5.60 Å². The molecule has 101 valence electrons. The molecule has 0 atom stereocenters. The van der Waals surface area contributed by atoms with Crippen molar-refractivity contribution in [2.24, 2.45) is 0 Å².